The van der Waals surface area contributed by atoms with Gasteiger partial charge in [-0.1, -0.05) is 0 Å². The molecule has 3 nitrogen and oxygen atoms in total. The summed E-state index contributed by atoms with van der Waals surface area (Å²) in [5.41, 5.74) is 7.76. The molecule has 2 rings (SSSR count). The Balaban J connectivity index is 1.81. The predicted molar refractivity (Wildman–Crippen MR) is 74.9 cm³/mol. The van der Waals surface area contributed by atoms with Crippen molar-refractivity contribution in [3.8, 4) is 0 Å². The zero-order valence-corrected chi connectivity index (χ0v) is 11.0. The smallest absolute Gasteiger partial charge is 0.159 e. The van der Waals surface area contributed by atoms with Gasteiger partial charge in [0.05, 0.1) is 0 Å². The molecule has 98 valence electrons. The average Bonchev–Trinajstić information content (AvgIpc) is 2.38. The molecule has 0 amide bonds. The van der Waals surface area contributed by atoms with Crippen LogP contribution in [-0.4, -0.2) is 18.4 Å². The largest absolute Gasteiger partial charge is 0.385 e. The van der Waals surface area contributed by atoms with Gasteiger partial charge in [-0.25, -0.2) is 0 Å². The molecule has 0 atom stereocenters. The van der Waals surface area contributed by atoms with Crippen molar-refractivity contribution < 1.29 is 4.79 Å². The molecule has 1 saturated carbocycles. The van der Waals surface area contributed by atoms with Crippen molar-refractivity contribution in [2.75, 3.05) is 11.9 Å². The van der Waals surface area contributed by atoms with Crippen LogP contribution in [0, 0.1) is 5.92 Å². The van der Waals surface area contributed by atoms with Crippen molar-refractivity contribution in [2.45, 2.75) is 38.6 Å². The van der Waals surface area contributed by atoms with Gasteiger partial charge < -0.3 is 11.1 Å². The minimum Gasteiger partial charge on any atom is -0.385 e. The molecule has 0 radical (unpaired) electrons. The molecule has 3 heteroatoms. The molecule has 1 aromatic rings. The van der Waals surface area contributed by atoms with E-state index < -0.39 is 0 Å². The van der Waals surface area contributed by atoms with Crippen molar-refractivity contribution in [1.29, 1.82) is 0 Å². The third-order valence-electron chi connectivity index (χ3n) is 3.78. The molecule has 18 heavy (non-hydrogen) atoms. The van der Waals surface area contributed by atoms with Crippen LogP contribution in [-0.2, 0) is 0 Å². The molecule has 0 unspecified atom stereocenters. The number of nitrogens with one attached hydrogen (secondary N) is 1. The van der Waals surface area contributed by atoms with Crippen LogP contribution in [0.3, 0.4) is 0 Å². The number of Topliss-reactive ketones (excluding diaryl/α,β-unsaturated/α-hetero) is 1. The third-order valence-corrected chi connectivity index (χ3v) is 3.78. The normalized spacial score (nSPS) is 23.7. The minimum absolute atomic E-state index is 0.114. The molecule has 0 spiro atoms. The molecule has 0 bridgehead atoms. The highest BCUT2D eigenvalue weighted by Crippen LogP contribution is 2.23. The van der Waals surface area contributed by atoms with Crippen molar-refractivity contribution >= 4 is 11.5 Å². The summed E-state index contributed by atoms with van der Waals surface area (Å²) in [5.74, 6) is 0.847. The Kier molecular flexibility index (Phi) is 4.37. The van der Waals surface area contributed by atoms with Gasteiger partial charge in [0.15, 0.2) is 5.78 Å². The summed E-state index contributed by atoms with van der Waals surface area (Å²) in [4.78, 5) is 11.2. The van der Waals surface area contributed by atoms with E-state index in [9.17, 15) is 4.79 Å². The summed E-state index contributed by atoms with van der Waals surface area (Å²) in [6.45, 7) is 2.60. The highest BCUT2D eigenvalue weighted by atomic mass is 16.1. The van der Waals surface area contributed by atoms with Gasteiger partial charge in [0.1, 0.15) is 0 Å². The second-order valence-electron chi connectivity index (χ2n) is 5.30. The van der Waals surface area contributed by atoms with Crippen LogP contribution >= 0.6 is 0 Å². The summed E-state index contributed by atoms with van der Waals surface area (Å²) < 4.78 is 0. The van der Waals surface area contributed by atoms with Crippen LogP contribution in [0.5, 0.6) is 0 Å². The van der Waals surface area contributed by atoms with E-state index in [1.807, 2.05) is 24.3 Å². The Labute approximate surface area is 109 Å². The number of carbonyl (C=O) groups is 1. The Morgan fingerprint density at radius 1 is 1.22 bits per heavy atom. The Morgan fingerprint density at radius 2 is 1.83 bits per heavy atom. The average molecular weight is 246 g/mol. The molecular weight excluding hydrogens is 224 g/mol. The van der Waals surface area contributed by atoms with Crippen LogP contribution in [0.4, 0.5) is 5.69 Å². The Hall–Kier alpha value is -1.35. The fraction of sp³-hybridized carbons (Fsp3) is 0.533. The van der Waals surface area contributed by atoms with E-state index >= 15 is 0 Å². The van der Waals surface area contributed by atoms with E-state index in [0.29, 0.717) is 6.04 Å². The highest BCUT2D eigenvalue weighted by molar-refractivity contribution is 5.94. The first-order chi connectivity index (χ1) is 8.65. The van der Waals surface area contributed by atoms with Gasteiger partial charge in [0.25, 0.3) is 0 Å². The molecule has 1 aromatic carbocycles. The molecule has 0 heterocycles. The lowest BCUT2D eigenvalue weighted by atomic mass is 9.86. The van der Waals surface area contributed by atoms with Gasteiger partial charge in [-0.15, -0.1) is 0 Å². The number of nitrogens with two attached hydrogens (primary N) is 1. The quantitative estimate of drug-likeness (QED) is 0.803. The number of anilines is 1. The fourth-order valence-electron chi connectivity index (χ4n) is 2.48. The zero-order chi connectivity index (χ0) is 13.0. The van der Waals surface area contributed by atoms with Crippen molar-refractivity contribution in [3.63, 3.8) is 0 Å². The second kappa shape index (κ2) is 6.01. The first-order valence-electron chi connectivity index (χ1n) is 6.75. The van der Waals surface area contributed by atoms with Crippen LogP contribution in [0.15, 0.2) is 24.3 Å². The van der Waals surface area contributed by atoms with Gasteiger partial charge in [0, 0.05) is 23.8 Å². The van der Waals surface area contributed by atoms with Gasteiger partial charge in [-0.05, 0) is 62.8 Å². The standard InChI is InChI=1S/C15H22N2O/c1-11(18)13-4-8-15(9-5-13)17-10-12-2-6-14(16)7-3-12/h4-5,8-9,12,14,17H,2-3,6-7,10,16H2,1H3/t12-,14-. The first kappa shape index (κ1) is 13.1. The van der Waals surface area contributed by atoms with E-state index in [4.69, 9.17) is 5.73 Å². The number of rotatable bonds is 4. The second-order valence-corrected chi connectivity index (χ2v) is 5.30. The maximum Gasteiger partial charge on any atom is 0.159 e. The molecule has 0 aromatic heterocycles. The number of hydrogen-bond acceptors (Lipinski definition) is 3. The first-order valence-corrected chi connectivity index (χ1v) is 6.75. The lowest BCUT2D eigenvalue weighted by molar-refractivity contribution is 0.101. The minimum atomic E-state index is 0.114. The Morgan fingerprint density at radius 3 is 2.39 bits per heavy atom. The summed E-state index contributed by atoms with van der Waals surface area (Å²) in [6, 6.07) is 8.12. The van der Waals surface area contributed by atoms with Gasteiger partial charge in [-0.2, -0.15) is 0 Å². The van der Waals surface area contributed by atoms with Crippen molar-refractivity contribution in [1.82, 2.24) is 0 Å². The SMILES string of the molecule is CC(=O)c1ccc(NC[C@H]2CC[C@H](N)CC2)cc1. The number of hydrogen-bond donors (Lipinski definition) is 2. The zero-order valence-electron chi connectivity index (χ0n) is 11.0. The van der Waals surface area contributed by atoms with E-state index in [1.54, 1.807) is 6.92 Å². The highest BCUT2D eigenvalue weighted by Gasteiger charge is 2.17. The molecule has 1 aliphatic rings. The van der Waals surface area contributed by atoms with Crippen molar-refractivity contribution in [3.05, 3.63) is 29.8 Å². The molecule has 0 aliphatic heterocycles. The van der Waals surface area contributed by atoms with E-state index in [-0.39, 0.29) is 5.78 Å². The third kappa shape index (κ3) is 3.57. The van der Waals surface area contributed by atoms with E-state index in [1.165, 1.54) is 12.8 Å². The molecule has 1 fully saturated rings. The van der Waals surface area contributed by atoms with E-state index in [2.05, 4.69) is 5.32 Å². The molecule has 1 aliphatic carbocycles. The molecule has 0 saturated heterocycles. The lowest BCUT2D eigenvalue weighted by Crippen LogP contribution is -2.29. The van der Waals surface area contributed by atoms with Crippen LogP contribution < -0.4 is 11.1 Å². The summed E-state index contributed by atoms with van der Waals surface area (Å²) in [5, 5.41) is 3.44. The summed E-state index contributed by atoms with van der Waals surface area (Å²) in [6.07, 6.45) is 4.74. The van der Waals surface area contributed by atoms with Crippen LogP contribution in [0.1, 0.15) is 43.0 Å². The fourth-order valence-corrected chi connectivity index (χ4v) is 2.48. The molecule has 3 N–H and O–H groups in total. The number of carbonyl (C=O) groups excluding carboxylic acids is 1. The van der Waals surface area contributed by atoms with E-state index in [0.717, 1.165) is 36.6 Å². The monoisotopic (exact) mass is 246 g/mol. The topological polar surface area (TPSA) is 55.1 Å². The Bertz CT molecular complexity index is 391. The number of ketones is 1. The maximum absolute atomic E-state index is 11.2. The van der Waals surface area contributed by atoms with Crippen molar-refractivity contribution in [2.24, 2.45) is 11.7 Å². The number of benzene rings is 1. The maximum atomic E-state index is 11.2. The lowest BCUT2D eigenvalue weighted by Gasteiger charge is -2.26. The molecular formula is C15H22N2O. The van der Waals surface area contributed by atoms with Crippen LogP contribution in [0.2, 0.25) is 0 Å². The predicted octanol–water partition coefficient (Wildman–Crippen LogP) is 2.82. The van der Waals surface area contributed by atoms with Gasteiger partial charge >= 0.3 is 0 Å². The summed E-state index contributed by atoms with van der Waals surface area (Å²) in [7, 11) is 0. The van der Waals surface area contributed by atoms with Gasteiger partial charge in [-0.3, -0.25) is 4.79 Å². The summed E-state index contributed by atoms with van der Waals surface area (Å²) >= 11 is 0. The van der Waals surface area contributed by atoms with Crippen LogP contribution in [0.25, 0.3) is 0 Å². The van der Waals surface area contributed by atoms with Gasteiger partial charge in [0.2, 0.25) is 0 Å².